The number of anilines is 1. The van der Waals surface area contributed by atoms with Crippen LogP contribution in [0.15, 0.2) is 18.2 Å². The van der Waals surface area contributed by atoms with E-state index in [0.717, 1.165) is 0 Å². The van der Waals surface area contributed by atoms with Gasteiger partial charge in [-0.2, -0.15) is 0 Å². The lowest BCUT2D eigenvalue weighted by Crippen LogP contribution is -2.39. The predicted molar refractivity (Wildman–Crippen MR) is 64.2 cm³/mol. The highest BCUT2D eigenvalue weighted by atomic mass is 32.1. The molecule has 0 heterocycles. The maximum absolute atomic E-state index is 13.2. The van der Waals surface area contributed by atoms with Gasteiger partial charge < -0.3 is 5.32 Å². The van der Waals surface area contributed by atoms with E-state index in [0.29, 0.717) is 16.4 Å². The van der Waals surface area contributed by atoms with Gasteiger partial charge in [-0.3, -0.25) is 5.43 Å². The Bertz CT molecular complexity index is 366. The summed E-state index contributed by atoms with van der Waals surface area (Å²) >= 11 is 5.00. The third-order valence-electron chi connectivity index (χ3n) is 1.75. The second-order valence-corrected chi connectivity index (χ2v) is 3.83. The highest BCUT2D eigenvalue weighted by Gasteiger charge is 2.01. The van der Waals surface area contributed by atoms with Gasteiger partial charge in [0.25, 0.3) is 0 Å². The fraction of sp³-hybridized carbons (Fsp3) is 0.300. The third-order valence-corrected chi connectivity index (χ3v) is 1.95. The van der Waals surface area contributed by atoms with Crippen molar-refractivity contribution in [3.8, 4) is 0 Å². The van der Waals surface area contributed by atoms with Crippen molar-refractivity contribution in [1.82, 2.24) is 10.4 Å². The first-order valence-electron chi connectivity index (χ1n) is 4.50. The second kappa shape index (κ2) is 5.04. The van der Waals surface area contributed by atoms with Gasteiger partial charge >= 0.3 is 0 Å². The minimum atomic E-state index is -0.243. The molecule has 1 aromatic carbocycles. The minimum Gasteiger partial charge on any atom is -0.332 e. The van der Waals surface area contributed by atoms with Crippen LogP contribution in [0.2, 0.25) is 0 Å². The topological polar surface area (TPSA) is 27.3 Å². The van der Waals surface area contributed by atoms with E-state index < -0.39 is 0 Å². The van der Waals surface area contributed by atoms with Crippen LogP contribution in [0.1, 0.15) is 5.56 Å². The molecule has 0 atom stereocenters. The van der Waals surface area contributed by atoms with Crippen molar-refractivity contribution in [3.63, 3.8) is 0 Å². The summed E-state index contributed by atoms with van der Waals surface area (Å²) in [5.41, 5.74) is 4.11. The number of rotatable bonds is 2. The molecule has 0 fully saturated rings. The first kappa shape index (κ1) is 11.9. The molecule has 0 saturated heterocycles. The van der Waals surface area contributed by atoms with E-state index in [1.54, 1.807) is 24.1 Å². The summed E-state index contributed by atoms with van der Waals surface area (Å²) in [6.07, 6.45) is 0. The quantitative estimate of drug-likeness (QED) is 0.596. The highest BCUT2D eigenvalue weighted by molar-refractivity contribution is 7.80. The fourth-order valence-corrected chi connectivity index (χ4v) is 1.33. The molecule has 3 nitrogen and oxygen atoms in total. The lowest BCUT2D eigenvalue weighted by Gasteiger charge is -2.15. The van der Waals surface area contributed by atoms with E-state index in [-0.39, 0.29) is 5.82 Å². The van der Waals surface area contributed by atoms with Crippen LogP contribution in [0.4, 0.5) is 10.1 Å². The summed E-state index contributed by atoms with van der Waals surface area (Å²) in [6, 6.07) is 4.90. The number of hydrogen-bond acceptors (Lipinski definition) is 2. The number of nitrogens with zero attached hydrogens (tertiary/aromatic N) is 1. The summed E-state index contributed by atoms with van der Waals surface area (Å²) in [4.78, 5) is 0. The molecule has 82 valence electrons. The molecule has 1 aromatic rings. The molecule has 15 heavy (non-hydrogen) atoms. The zero-order valence-electron chi connectivity index (χ0n) is 8.97. The largest absolute Gasteiger partial charge is 0.332 e. The lowest BCUT2D eigenvalue weighted by atomic mass is 10.2. The van der Waals surface area contributed by atoms with Crippen LogP contribution in [0.25, 0.3) is 0 Å². The molecule has 5 heteroatoms. The first-order chi connectivity index (χ1) is 6.99. The molecule has 2 N–H and O–H groups in total. The first-order valence-corrected chi connectivity index (χ1v) is 4.91. The van der Waals surface area contributed by atoms with Crippen LogP contribution in [0, 0.1) is 12.7 Å². The van der Waals surface area contributed by atoms with Gasteiger partial charge in [0.2, 0.25) is 0 Å². The molecule has 0 aliphatic rings. The molecule has 0 amide bonds. The number of thiocarbonyl (C=S) groups is 1. The number of hydrogen-bond donors (Lipinski definition) is 2. The van der Waals surface area contributed by atoms with Crippen molar-refractivity contribution in [2.45, 2.75) is 6.92 Å². The SMILES string of the molecule is Cc1ccc(NC(=S)NN(C)C)cc1F. The zero-order chi connectivity index (χ0) is 11.4. The summed E-state index contributed by atoms with van der Waals surface area (Å²) in [6.45, 7) is 1.72. The molecule has 0 aliphatic heterocycles. The van der Waals surface area contributed by atoms with Crippen LogP contribution in [-0.2, 0) is 0 Å². The molecule has 0 unspecified atom stereocenters. The zero-order valence-corrected chi connectivity index (χ0v) is 9.78. The summed E-state index contributed by atoms with van der Waals surface area (Å²) in [5.74, 6) is -0.243. The average molecular weight is 227 g/mol. The Morgan fingerprint density at radius 3 is 2.60 bits per heavy atom. The molecule has 0 aromatic heterocycles. The Morgan fingerprint density at radius 1 is 1.40 bits per heavy atom. The molecule has 1 rings (SSSR count). The third kappa shape index (κ3) is 3.81. The molecule has 0 bridgehead atoms. The Kier molecular flexibility index (Phi) is 3.99. The van der Waals surface area contributed by atoms with Gasteiger partial charge in [-0.05, 0) is 36.8 Å². The predicted octanol–water partition coefficient (Wildman–Crippen LogP) is 1.90. The molecular formula is C10H14FN3S. The van der Waals surface area contributed by atoms with Crippen molar-refractivity contribution in [1.29, 1.82) is 0 Å². The fourth-order valence-electron chi connectivity index (χ4n) is 1.03. The van der Waals surface area contributed by atoms with Crippen LogP contribution < -0.4 is 10.7 Å². The van der Waals surface area contributed by atoms with Gasteiger partial charge in [0.05, 0.1) is 0 Å². The average Bonchev–Trinajstić information content (AvgIpc) is 2.10. The number of aryl methyl sites for hydroxylation is 1. The van der Waals surface area contributed by atoms with E-state index in [1.165, 1.54) is 6.07 Å². The number of halogens is 1. The summed E-state index contributed by atoms with van der Waals surface area (Å²) in [5, 5.41) is 5.02. The van der Waals surface area contributed by atoms with Gasteiger partial charge in [-0.25, -0.2) is 9.40 Å². The smallest absolute Gasteiger partial charge is 0.185 e. The van der Waals surface area contributed by atoms with E-state index in [4.69, 9.17) is 12.2 Å². The van der Waals surface area contributed by atoms with Crippen molar-refractivity contribution in [3.05, 3.63) is 29.6 Å². The van der Waals surface area contributed by atoms with E-state index in [2.05, 4.69) is 10.7 Å². The monoisotopic (exact) mass is 227 g/mol. The summed E-state index contributed by atoms with van der Waals surface area (Å²) < 4.78 is 13.2. The van der Waals surface area contributed by atoms with Crippen molar-refractivity contribution < 1.29 is 4.39 Å². The Labute approximate surface area is 94.2 Å². The van der Waals surface area contributed by atoms with E-state index in [1.807, 2.05) is 14.1 Å². The van der Waals surface area contributed by atoms with Crippen LogP contribution >= 0.6 is 12.2 Å². The van der Waals surface area contributed by atoms with Gasteiger partial charge in [0.1, 0.15) is 5.82 Å². The van der Waals surface area contributed by atoms with Crippen molar-refractivity contribution in [2.24, 2.45) is 0 Å². The molecule has 0 aliphatic carbocycles. The number of hydrazine groups is 1. The maximum atomic E-state index is 13.2. The van der Waals surface area contributed by atoms with E-state index in [9.17, 15) is 4.39 Å². The molecule has 0 saturated carbocycles. The summed E-state index contributed by atoms with van der Waals surface area (Å²) in [7, 11) is 3.65. The van der Waals surface area contributed by atoms with E-state index >= 15 is 0 Å². The van der Waals surface area contributed by atoms with Gasteiger partial charge in [0, 0.05) is 19.8 Å². The Hall–Kier alpha value is -1.20. The molecule has 0 spiro atoms. The van der Waals surface area contributed by atoms with Crippen LogP contribution in [-0.4, -0.2) is 24.2 Å². The normalized spacial score (nSPS) is 10.2. The Balaban J connectivity index is 2.65. The van der Waals surface area contributed by atoms with Gasteiger partial charge in [-0.1, -0.05) is 6.07 Å². The molecular weight excluding hydrogens is 213 g/mol. The lowest BCUT2D eigenvalue weighted by molar-refractivity contribution is 0.365. The highest BCUT2D eigenvalue weighted by Crippen LogP contribution is 2.13. The number of benzene rings is 1. The van der Waals surface area contributed by atoms with Gasteiger partial charge in [-0.15, -0.1) is 0 Å². The van der Waals surface area contributed by atoms with Gasteiger partial charge in [0.15, 0.2) is 5.11 Å². The minimum absolute atomic E-state index is 0.243. The Morgan fingerprint density at radius 2 is 2.07 bits per heavy atom. The van der Waals surface area contributed by atoms with Crippen LogP contribution in [0.3, 0.4) is 0 Å². The van der Waals surface area contributed by atoms with Crippen LogP contribution in [0.5, 0.6) is 0 Å². The standard InChI is InChI=1S/C10H14FN3S/c1-7-4-5-8(6-9(7)11)12-10(15)13-14(2)3/h4-6H,1-3H3,(H2,12,13,15). The maximum Gasteiger partial charge on any atom is 0.185 e. The number of nitrogens with one attached hydrogen (secondary N) is 2. The van der Waals surface area contributed by atoms with Crippen molar-refractivity contribution >= 4 is 23.0 Å². The second-order valence-electron chi connectivity index (χ2n) is 3.42. The van der Waals surface area contributed by atoms with Crippen molar-refractivity contribution in [2.75, 3.05) is 19.4 Å². The molecule has 0 radical (unpaired) electrons.